The number of benzene rings is 1. The number of aliphatic hydroxyl groups is 1. The molecule has 5 atom stereocenters. The molecule has 444 valence electrons. The summed E-state index contributed by atoms with van der Waals surface area (Å²) in [5.74, 6) is -4.64. The highest BCUT2D eigenvalue weighted by molar-refractivity contribution is 6.12. The first-order chi connectivity index (χ1) is 39.6. The minimum absolute atomic E-state index is 0.0169. The number of carbonyl (C=O) groups excluding carboxylic acids is 9. The molecular weight excluding hydrogens is 1080 g/mol. The van der Waals surface area contributed by atoms with Gasteiger partial charge in [-0.3, -0.25) is 48.2 Å². The number of aromatic nitrogens is 2. The number of nitrogens with zero attached hydrogens (tertiary/aromatic N) is 7. The van der Waals surface area contributed by atoms with Crippen LogP contribution in [0.15, 0.2) is 35.1 Å². The first kappa shape index (κ1) is 61.0. The average Bonchev–Trinajstić information content (AvgIpc) is 4.24. The van der Waals surface area contributed by atoms with Gasteiger partial charge in [0.25, 0.3) is 17.4 Å². The van der Waals surface area contributed by atoms with Crippen LogP contribution in [0.2, 0.25) is 0 Å². The molecule has 0 spiro atoms. The van der Waals surface area contributed by atoms with E-state index in [1.54, 1.807) is 38.0 Å². The van der Waals surface area contributed by atoms with Gasteiger partial charge in [-0.2, -0.15) is 5.26 Å². The monoisotopic (exact) mass is 1150 g/mol. The molecule has 83 heavy (non-hydrogen) atoms. The number of rotatable bonds is 22. The van der Waals surface area contributed by atoms with Gasteiger partial charge < -0.3 is 60.3 Å². The smallest absolute Gasteiger partial charge is 0.415 e. The Morgan fingerprint density at radius 1 is 0.867 bits per heavy atom. The van der Waals surface area contributed by atoms with Crippen LogP contribution >= 0.6 is 0 Å². The Bertz CT molecular complexity index is 3190. The van der Waals surface area contributed by atoms with E-state index in [2.05, 4.69) is 42.5 Å². The van der Waals surface area contributed by atoms with Crippen molar-refractivity contribution in [1.29, 1.82) is 5.26 Å². The van der Waals surface area contributed by atoms with Crippen LogP contribution in [0.4, 0.5) is 4.79 Å². The van der Waals surface area contributed by atoms with E-state index in [1.165, 1.54) is 18.4 Å². The predicted octanol–water partition coefficient (Wildman–Crippen LogP) is 0.299. The molecule has 8 rings (SSSR count). The van der Waals surface area contributed by atoms with E-state index in [1.807, 2.05) is 13.1 Å². The normalized spacial score (nSPS) is 19.4. The van der Waals surface area contributed by atoms with Crippen molar-refractivity contribution in [3.63, 3.8) is 0 Å². The third-order valence-corrected chi connectivity index (χ3v) is 15.9. The zero-order valence-electron chi connectivity index (χ0n) is 47.6. The van der Waals surface area contributed by atoms with E-state index in [0.29, 0.717) is 98.6 Å². The van der Waals surface area contributed by atoms with Gasteiger partial charge in [0.05, 0.1) is 34.6 Å². The molecule has 6 N–H and O–H groups in total. The van der Waals surface area contributed by atoms with Gasteiger partial charge in [0.1, 0.15) is 30.8 Å². The Morgan fingerprint density at radius 3 is 2.22 bits per heavy atom. The van der Waals surface area contributed by atoms with Gasteiger partial charge in [0.15, 0.2) is 11.4 Å². The summed E-state index contributed by atoms with van der Waals surface area (Å²) in [5, 5.41) is 36.3. The van der Waals surface area contributed by atoms with E-state index in [-0.39, 0.29) is 98.8 Å². The molecule has 5 aliphatic rings. The zero-order valence-corrected chi connectivity index (χ0v) is 47.6. The Morgan fingerprint density at radius 2 is 1.54 bits per heavy atom. The molecular formula is C57H72N12O14. The summed E-state index contributed by atoms with van der Waals surface area (Å²) >= 11 is 0. The highest BCUT2D eigenvalue weighted by Crippen LogP contribution is 2.41. The third kappa shape index (κ3) is 13.9. The van der Waals surface area contributed by atoms with Gasteiger partial charge in [-0.15, -0.1) is 0 Å². The van der Waals surface area contributed by atoms with Crippen molar-refractivity contribution < 1.29 is 62.5 Å². The molecule has 0 saturated carbocycles. The number of hydrogen-bond acceptors (Lipinski definition) is 18. The van der Waals surface area contributed by atoms with Crippen molar-refractivity contribution in [2.75, 3.05) is 66.6 Å². The molecule has 2 aromatic heterocycles. The average molecular weight is 1150 g/mol. The summed E-state index contributed by atoms with van der Waals surface area (Å²) in [5.41, 5.74) is 0.324. The SMILES string of the molecule is CC[C@@]1(O)C(=O)OCc2c1cc1n(c2=O)Cc2cc3c(CN4CCC(NC(=O)[C@H](C)NC(=O)[C@H](C)NC(=O)[C@H](CCC(=O)NC(C)CCOC)NC(=O)CCCN5C(=O)C=CC5=O)CC4)c(OC(=O)N4CCN(C)CC4)c(C#N)cc3nc2-1. The van der Waals surface area contributed by atoms with Crippen LogP contribution in [0.5, 0.6) is 5.75 Å². The number of carbonyl (C=O) groups is 9. The second kappa shape index (κ2) is 26.4. The van der Waals surface area contributed by atoms with Crippen molar-refractivity contribution in [1.82, 2.24) is 55.7 Å². The summed E-state index contributed by atoms with van der Waals surface area (Å²) in [6.45, 7) is 9.76. The van der Waals surface area contributed by atoms with Crippen LogP contribution in [0.3, 0.4) is 0 Å². The Labute approximate surface area is 479 Å². The number of piperidine rings is 1. The number of nitrogens with one attached hydrogen (secondary N) is 5. The van der Waals surface area contributed by atoms with Crippen molar-refractivity contribution in [2.45, 2.75) is 135 Å². The summed E-state index contributed by atoms with van der Waals surface area (Å²) in [4.78, 5) is 143. The van der Waals surface area contributed by atoms with E-state index in [0.717, 1.165) is 17.1 Å². The first-order valence-electron chi connectivity index (χ1n) is 28.1. The molecule has 26 heteroatoms. The van der Waals surface area contributed by atoms with Crippen LogP contribution < -0.4 is 36.9 Å². The lowest BCUT2D eigenvalue weighted by Crippen LogP contribution is -2.56. The topological polar surface area (TPSA) is 333 Å². The summed E-state index contributed by atoms with van der Waals surface area (Å²) in [6.07, 6.45) is 2.82. The highest BCUT2D eigenvalue weighted by atomic mass is 16.6. The summed E-state index contributed by atoms with van der Waals surface area (Å²) < 4.78 is 18.0. The molecule has 2 saturated heterocycles. The number of imide groups is 1. The fourth-order valence-electron chi connectivity index (χ4n) is 10.8. The molecule has 7 heterocycles. The van der Waals surface area contributed by atoms with Crippen LogP contribution in [-0.4, -0.2) is 184 Å². The molecule has 8 amide bonds. The minimum atomic E-state index is -2.02. The summed E-state index contributed by atoms with van der Waals surface area (Å²) in [6, 6.07) is 3.21. The van der Waals surface area contributed by atoms with Crippen molar-refractivity contribution >= 4 is 64.3 Å². The number of fused-ring (bicyclic) bond motifs is 5. The van der Waals surface area contributed by atoms with Crippen molar-refractivity contribution in [2.24, 2.45) is 0 Å². The number of hydrogen-bond donors (Lipinski definition) is 6. The molecule has 5 aliphatic heterocycles. The number of methoxy groups -OCH3 is 1. The number of amides is 8. The molecule has 26 nitrogen and oxygen atoms in total. The number of nitriles is 1. The molecule has 0 radical (unpaired) electrons. The maximum atomic E-state index is 14.0. The number of esters is 1. The van der Waals surface area contributed by atoms with E-state index in [4.69, 9.17) is 19.2 Å². The standard InChI is InChI=1S/C57H72N12O14/c1-7-57(80)41-27-44-49-36(29-69(44)54(77)40(41)31-82-55(57)78)25-38-39(50(35(28-58)26-43(38)64-49)83-56(79)67-22-20-65(5)21-23-67)30-66-18-14-37(15-19-66)62-52(75)34(4)60-51(74)33(3)61-53(76)42(10-11-46(71)59-32(2)16-24-81-6)63-45(70)9-8-17-68-47(72)12-13-48(68)73/h12-13,25-27,32-34,37,42,80H,7-11,14-24,29-31H2,1-6H3,(H,59,71)(H,60,74)(H,61,76)(H,62,75)(H,63,70)/t32?,33-,34-,42-,57-/m0/s1. The van der Waals surface area contributed by atoms with E-state index < -0.39 is 76.8 Å². The predicted molar refractivity (Wildman–Crippen MR) is 296 cm³/mol. The zero-order chi connectivity index (χ0) is 59.9. The number of piperazine rings is 1. The molecule has 0 aliphatic carbocycles. The van der Waals surface area contributed by atoms with Crippen LogP contribution in [0.1, 0.15) is 107 Å². The molecule has 1 unspecified atom stereocenters. The van der Waals surface area contributed by atoms with Crippen molar-refractivity contribution in [3.8, 4) is 23.2 Å². The summed E-state index contributed by atoms with van der Waals surface area (Å²) in [7, 11) is 3.50. The molecule has 3 aromatic rings. The molecule has 0 bridgehead atoms. The van der Waals surface area contributed by atoms with E-state index >= 15 is 0 Å². The molecule has 1 aromatic carbocycles. The minimum Gasteiger partial charge on any atom is -0.458 e. The fraction of sp³-hybridized carbons (Fsp3) is 0.544. The van der Waals surface area contributed by atoms with Crippen molar-refractivity contribution in [3.05, 3.63) is 68.5 Å². The number of cyclic esters (lactones) is 1. The Hall–Kier alpha value is -8.12. The van der Waals surface area contributed by atoms with Crippen LogP contribution in [-0.2, 0) is 73.1 Å². The second-order valence-electron chi connectivity index (χ2n) is 21.9. The Balaban J connectivity index is 0.911. The number of pyridine rings is 2. The maximum Gasteiger partial charge on any atom is 0.415 e. The van der Waals surface area contributed by atoms with Gasteiger partial charge in [-0.1, -0.05) is 6.92 Å². The lowest BCUT2D eigenvalue weighted by atomic mass is 9.86. The molecule has 2 fully saturated rings. The fourth-order valence-corrected chi connectivity index (χ4v) is 10.8. The largest absolute Gasteiger partial charge is 0.458 e. The first-order valence-corrected chi connectivity index (χ1v) is 28.1. The van der Waals surface area contributed by atoms with Gasteiger partial charge in [0.2, 0.25) is 29.5 Å². The second-order valence-corrected chi connectivity index (χ2v) is 21.9. The number of likely N-dealkylation sites (N-methyl/N-ethyl adjacent to an activating group) is 1. The van der Waals surface area contributed by atoms with E-state index in [9.17, 15) is 58.3 Å². The number of ether oxygens (including phenoxy) is 3. The van der Waals surface area contributed by atoms with Gasteiger partial charge in [-0.25, -0.2) is 14.6 Å². The lowest BCUT2D eigenvalue weighted by Gasteiger charge is -2.34. The number of likely N-dealkylation sites (tertiary alicyclic amines) is 1. The third-order valence-electron chi connectivity index (χ3n) is 15.9. The van der Waals surface area contributed by atoms with Crippen LogP contribution in [0.25, 0.3) is 22.3 Å². The van der Waals surface area contributed by atoms with Gasteiger partial charge in [-0.05, 0) is 84.5 Å². The van der Waals surface area contributed by atoms with Gasteiger partial charge in [0, 0.05) is 125 Å². The Kier molecular flexibility index (Phi) is 19.4. The van der Waals surface area contributed by atoms with Gasteiger partial charge >= 0.3 is 12.1 Å². The maximum absolute atomic E-state index is 14.0. The lowest BCUT2D eigenvalue weighted by molar-refractivity contribution is -0.172. The van der Waals surface area contributed by atoms with Crippen LogP contribution in [0, 0.1) is 11.3 Å². The highest BCUT2D eigenvalue weighted by Gasteiger charge is 2.45. The quantitative estimate of drug-likeness (QED) is 0.0455.